The summed E-state index contributed by atoms with van der Waals surface area (Å²) < 4.78 is 5.30. The minimum absolute atomic E-state index is 0.648. The molecule has 1 aromatic rings. The van der Waals surface area contributed by atoms with E-state index in [0.29, 0.717) is 5.25 Å². The standard InChI is InChI=1S/C8H10OS/c1-3-7(9-5-1)8-4-2-6-10-8/h1,3,5,8H,2,4,6H2. The summed E-state index contributed by atoms with van der Waals surface area (Å²) in [6.07, 6.45) is 4.39. The molecule has 0 amide bonds. The van der Waals surface area contributed by atoms with Gasteiger partial charge in [0.1, 0.15) is 5.76 Å². The number of furan rings is 1. The molecule has 0 aliphatic carbocycles. The van der Waals surface area contributed by atoms with Gasteiger partial charge in [-0.3, -0.25) is 0 Å². The van der Waals surface area contributed by atoms with Gasteiger partial charge >= 0.3 is 0 Å². The van der Waals surface area contributed by atoms with Gasteiger partial charge in [0.15, 0.2) is 0 Å². The van der Waals surface area contributed by atoms with Crippen LogP contribution >= 0.6 is 11.8 Å². The highest BCUT2D eigenvalue weighted by molar-refractivity contribution is 7.99. The van der Waals surface area contributed by atoms with Crippen LogP contribution in [0, 0.1) is 0 Å². The van der Waals surface area contributed by atoms with Crippen LogP contribution in [0.1, 0.15) is 23.9 Å². The molecule has 1 saturated heterocycles. The van der Waals surface area contributed by atoms with Gasteiger partial charge in [0, 0.05) is 0 Å². The second kappa shape index (κ2) is 2.70. The molecule has 1 aliphatic heterocycles. The number of thioether (sulfide) groups is 1. The first-order chi connectivity index (χ1) is 4.97. The van der Waals surface area contributed by atoms with Crippen LogP contribution in [0.15, 0.2) is 22.8 Å². The van der Waals surface area contributed by atoms with E-state index in [2.05, 4.69) is 6.07 Å². The van der Waals surface area contributed by atoms with Crippen LogP contribution in [0.4, 0.5) is 0 Å². The Balaban J connectivity index is 2.12. The van der Waals surface area contributed by atoms with Gasteiger partial charge in [0.05, 0.1) is 11.5 Å². The second-order valence-electron chi connectivity index (χ2n) is 2.52. The van der Waals surface area contributed by atoms with Gasteiger partial charge in [0.2, 0.25) is 0 Å². The van der Waals surface area contributed by atoms with Crippen LogP contribution in [0.25, 0.3) is 0 Å². The van der Waals surface area contributed by atoms with Crippen molar-refractivity contribution in [3.63, 3.8) is 0 Å². The second-order valence-corrected chi connectivity index (χ2v) is 3.83. The van der Waals surface area contributed by atoms with Crippen molar-refractivity contribution in [2.75, 3.05) is 5.75 Å². The Morgan fingerprint density at radius 1 is 1.60 bits per heavy atom. The van der Waals surface area contributed by atoms with E-state index in [9.17, 15) is 0 Å². The van der Waals surface area contributed by atoms with Crippen LogP contribution < -0.4 is 0 Å². The zero-order valence-electron chi connectivity index (χ0n) is 5.75. The van der Waals surface area contributed by atoms with Crippen molar-refractivity contribution >= 4 is 11.8 Å². The zero-order chi connectivity index (χ0) is 6.81. The molecule has 1 atom stereocenters. The molecule has 2 heteroatoms. The summed E-state index contributed by atoms with van der Waals surface area (Å²) in [6.45, 7) is 0. The largest absolute Gasteiger partial charge is 0.468 e. The quantitative estimate of drug-likeness (QED) is 0.617. The van der Waals surface area contributed by atoms with Crippen LogP contribution in [-0.2, 0) is 0 Å². The number of rotatable bonds is 1. The fourth-order valence-electron chi connectivity index (χ4n) is 1.28. The van der Waals surface area contributed by atoms with E-state index in [0.717, 1.165) is 5.76 Å². The molecule has 0 saturated carbocycles. The SMILES string of the molecule is c1coc(C2CCCS2)c1. The first-order valence-electron chi connectivity index (χ1n) is 3.62. The van der Waals surface area contributed by atoms with Crippen LogP contribution in [0.2, 0.25) is 0 Å². The van der Waals surface area contributed by atoms with Crippen molar-refractivity contribution in [1.82, 2.24) is 0 Å². The molecular formula is C8H10OS. The van der Waals surface area contributed by atoms with E-state index in [1.54, 1.807) is 6.26 Å². The van der Waals surface area contributed by atoms with Gasteiger partial charge in [-0.05, 0) is 30.7 Å². The Morgan fingerprint density at radius 3 is 3.20 bits per heavy atom. The molecule has 0 aromatic carbocycles. The van der Waals surface area contributed by atoms with Gasteiger partial charge < -0.3 is 4.42 Å². The Kier molecular flexibility index (Phi) is 1.72. The maximum Gasteiger partial charge on any atom is 0.116 e. The van der Waals surface area contributed by atoms with Crippen molar-refractivity contribution in [3.8, 4) is 0 Å². The first-order valence-corrected chi connectivity index (χ1v) is 4.67. The molecule has 1 fully saturated rings. The van der Waals surface area contributed by atoms with Crippen LogP contribution in [-0.4, -0.2) is 5.75 Å². The molecule has 54 valence electrons. The highest BCUT2D eigenvalue weighted by atomic mass is 32.2. The fourth-order valence-corrected chi connectivity index (χ4v) is 2.53. The lowest BCUT2D eigenvalue weighted by atomic mass is 10.2. The first kappa shape index (κ1) is 6.35. The van der Waals surface area contributed by atoms with Crippen LogP contribution in [0.5, 0.6) is 0 Å². The number of hydrogen-bond donors (Lipinski definition) is 0. The van der Waals surface area contributed by atoms with E-state index < -0.39 is 0 Å². The van der Waals surface area contributed by atoms with E-state index in [1.807, 2.05) is 17.8 Å². The van der Waals surface area contributed by atoms with E-state index in [1.165, 1.54) is 18.6 Å². The topological polar surface area (TPSA) is 13.1 Å². The summed E-state index contributed by atoms with van der Waals surface area (Å²) >= 11 is 2.01. The molecule has 0 bridgehead atoms. The van der Waals surface area contributed by atoms with Gasteiger partial charge in [-0.15, -0.1) is 0 Å². The minimum atomic E-state index is 0.648. The highest BCUT2D eigenvalue weighted by Crippen LogP contribution is 2.39. The summed E-state index contributed by atoms with van der Waals surface area (Å²) in [4.78, 5) is 0. The summed E-state index contributed by atoms with van der Waals surface area (Å²) in [5.41, 5.74) is 0. The third-order valence-corrected chi connectivity index (χ3v) is 3.18. The molecule has 10 heavy (non-hydrogen) atoms. The number of hydrogen-bond acceptors (Lipinski definition) is 2. The molecule has 2 heterocycles. The van der Waals surface area contributed by atoms with E-state index >= 15 is 0 Å². The van der Waals surface area contributed by atoms with Crippen molar-refractivity contribution < 1.29 is 4.42 Å². The predicted octanol–water partition coefficient (Wildman–Crippen LogP) is 2.85. The Hall–Kier alpha value is -0.370. The lowest BCUT2D eigenvalue weighted by molar-refractivity contribution is 0.501. The average Bonchev–Trinajstić information content (AvgIpc) is 2.59. The lowest BCUT2D eigenvalue weighted by Crippen LogP contribution is -1.82. The summed E-state index contributed by atoms with van der Waals surface area (Å²) in [5, 5.41) is 0.648. The third kappa shape index (κ3) is 1.08. The minimum Gasteiger partial charge on any atom is -0.468 e. The Bertz CT molecular complexity index is 187. The normalized spacial score (nSPS) is 25.4. The molecule has 1 aromatic heterocycles. The molecule has 0 spiro atoms. The molecule has 0 N–H and O–H groups in total. The molecule has 2 rings (SSSR count). The van der Waals surface area contributed by atoms with Gasteiger partial charge in [-0.25, -0.2) is 0 Å². The Morgan fingerprint density at radius 2 is 2.60 bits per heavy atom. The fraction of sp³-hybridized carbons (Fsp3) is 0.500. The molecule has 0 radical (unpaired) electrons. The molecule has 1 unspecified atom stereocenters. The third-order valence-electron chi connectivity index (χ3n) is 1.79. The maximum absolute atomic E-state index is 5.30. The zero-order valence-corrected chi connectivity index (χ0v) is 6.56. The van der Waals surface area contributed by atoms with Crippen LogP contribution in [0.3, 0.4) is 0 Å². The summed E-state index contributed by atoms with van der Waals surface area (Å²) in [7, 11) is 0. The Labute approximate surface area is 64.8 Å². The predicted molar refractivity (Wildman–Crippen MR) is 43.1 cm³/mol. The van der Waals surface area contributed by atoms with Crippen molar-refractivity contribution in [2.24, 2.45) is 0 Å². The molecule has 1 aliphatic rings. The van der Waals surface area contributed by atoms with Crippen molar-refractivity contribution in [1.29, 1.82) is 0 Å². The maximum atomic E-state index is 5.30. The molecule has 1 nitrogen and oxygen atoms in total. The van der Waals surface area contributed by atoms with Gasteiger partial charge in [-0.1, -0.05) is 0 Å². The van der Waals surface area contributed by atoms with E-state index in [4.69, 9.17) is 4.42 Å². The monoisotopic (exact) mass is 154 g/mol. The highest BCUT2D eigenvalue weighted by Gasteiger charge is 2.19. The average molecular weight is 154 g/mol. The summed E-state index contributed by atoms with van der Waals surface area (Å²) in [5.74, 6) is 2.45. The van der Waals surface area contributed by atoms with Crippen molar-refractivity contribution in [3.05, 3.63) is 24.2 Å². The van der Waals surface area contributed by atoms with Gasteiger partial charge in [0.25, 0.3) is 0 Å². The molecular weight excluding hydrogens is 144 g/mol. The van der Waals surface area contributed by atoms with Gasteiger partial charge in [-0.2, -0.15) is 11.8 Å². The lowest BCUT2D eigenvalue weighted by Gasteiger charge is -2.01. The van der Waals surface area contributed by atoms with E-state index in [-0.39, 0.29) is 0 Å². The smallest absolute Gasteiger partial charge is 0.116 e. The summed E-state index contributed by atoms with van der Waals surface area (Å²) in [6, 6.07) is 4.04. The van der Waals surface area contributed by atoms with Crippen molar-refractivity contribution in [2.45, 2.75) is 18.1 Å².